The van der Waals surface area contributed by atoms with E-state index in [9.17, 15) is 9.90 Å². The van der Waals surface area contributed by atoms with E-state index < -0.39 is 11.5 Å². The molecule has 1 saturated carbocycles. The monoisotopic (exact) mass is 329 g/mol. The highest BCUT2D eigenvalue weighted by atomic mass is 79.9. The third-order valence-electron chi connectivity index (χ3n) is 3.84. The van der Waals surface area contributed by atoms with Gasteiger partial charge in [0, 0.05) is 6.04 Å². The second kappa shape index (κ2) is 6.09. The lowest BCUT2D eigenvalue weighted by Gasteiger charge is -2.29. The van der Waals surface area contributed by atoms with E-state index in [0.717, 1.165) is 25.7 Å². The third kappa shape index (κ3) is 3.39. The quantitative estimate of drug-likeness (QED) is 0.827. The van der Waals surface area contributed by atoms with Crippen LogP contribution >= 0.6 is 15.9 Å². The molecule has 106 valence electrons. The summed E-state index contributed by atoms with van der Waals surface area (Å²) in [5, 5.41) is 12.8. The first-order chi connectivity index (χ1) is 9.02. The Hall–Kier alpha value is -0.810. The summed E-state index contributed by atoms with van der Waals surface area (Å²) in [7, 11) is 0. The van der Waals surface area contributed by atoms with Gasteiger partial charge in [-0.25, -0.2) is 4.79 Å². The highest BCUT2D eigenvalue weighted by Crippen LogP contribution is 2.28. The molecule has 1 aromatic heterocycles. The molecule has 1 atom stereocenters. The van der Waals surface area contributed by atoms with E-state index in [2.05, 4.69) is 21.2 Å². The number of furan rings is 1. The number of hydrogen-bond acceptors (Lipinski definition) is 3. The van der Waals surface area contributed by atoms with Crippen molar-refractivity contribution in [3.63, 3.8) is 0 Å². The van der Waals surface area contributed by atoms with Gasteiger partial charge >= 0.3 is 5.97 Å². The van der Waals surface area contributed by atoms with Crippen molar-refractivity contribution in [2.24, 2.45) is 0 Å². The van der Waals surface area contributed by atoms with Crippen LogP contribution in [0.2, 0.25) is 0 Å². The van der Waals surface area contributed by atoms with Gasteiger partial charge in [0.1, 0.15) is 5.76 Å². The molecule has 1 unspecified atom stereocenters. The average molecular weight is 330 g/mol. The van der Waals surface area contributed by atoms with E-state index >= 15 is 0 Å². The van der Waals surface area contributed by atoms with E-state index in [4.69, 9.17) is 4.42 Å². The summed E-state index contributed by atoms with van der Waals surface area (Å²) in [5.41, 5.74) is -1.17. The highest BCUT2D eigenvalue weighted by molar-refractivity contribution is 9.10. The van der Waals surface area contributed by atoms with Crippen LogP contribution in [0, 0.1) is 0 Å². The lowest BCUT2D eigenvalue weighted by Crippen LogP contribution is -2.51. The molecule has 0 aromatic carbocycles. The number of aliphatic carboxylic acids is 1. The Kier molecular flexibility index (Phi) is 4.68. The van der Waals surface area contributed by atoms with Crippen molar-refractivity contribution in [2.45, 2.75) is 57.0 Å². The lowest BCUT2D eigenvalue weighted by molar-refractivity contribution is -0.145. The maximum atomic E-state index is 11.7. The summed E-state index contributed by atoms with van der Waals surface area (Å²) < 4.78 is 6.01. The van der Waals surface area contributed by atoms with Gasteiger partial charge in [0.15, 0.2) is 10.2 Å². The molecule has 0 saturated heterocycles. The maximum absolute atomic E-state index is 11.7. The van der Waals surface area contributed by atoms with Gasteiger partial charge in [-0.05, 0) is 47.8 Å². The Balaban J connectivity index is 2.17. The predicted octanol–water partition coefficient (Wildman–Crippen LogP) is 3.65. The Morgan fingerprint density at radius 3 is 2.47 bits per heavy atom. The van der Waals surface area contributed by atoms with Crippen LogP contribution in [-0.2, 0) is 10.3 Å². The molecule has 19 heavy (non-hydrogen) atoms. The molecular weight excluding hydrogens is 310 g/mol. The van der Waals surface area contributed by atoms with E-state index in [-0.39, 0.29) is 6.04 Å². The second-order valence-electron chi connectivity index (χ2n) is 5.37. The molecular formula is C14H20BrNO3. The SMILES string of the molecule is CC(NC1CCCCCC1)(C(=O)O)c1ccc(Br)o1. The van der Waals surface area contributed by atoms with E-state index in [1.165, 1.54) is 12.8 Å². The molecule has 0 amide bonds. The van der Waals surface area contributed by atoms with Gasteiger partial charge in [0.2, 0.25) is 0 Å². The van der Waals surface area contributed by atoms with Gasteiger partial charge in [0.05, 0.1) is 0 Å². The number of carbonyl (C=O) groups is 1. The second-order valence-corrected chi connectivity index (χ2v) is 6.15. The standard InChI is InChI=1S/C14H20BrNO3/c1-14(13(17)18,11-8-9-12(15)19-11)16-10-6-4-2-3-5-7-10/h8-10,16H,2-7H2,1H3,(H,17,18). The van der Waals surface area contributed by atoms with Crippen molar-refractivity contribution < 1.29 is 14.3 Å². The summed E-state index contributed by atoms with van der Waals surface area (Å²) in [6.45, 7) is 1.67. The molecule has 1 aliphatic carbocycles. The third-order valence-corrected chi connectivity index (χ3v) is 4.27. The molecule has 1 aromatic rings. The molecule has 1 aliphatic rings. The summed E-state index contributed by atoms with van der Waals surface area (Å²) in [5.74, 6) is -0.463. The van der Waals surface area contributed by atoms with Gasteiger partial charge in [0.25, 0.3) is 0 Å². The minimum absolute atomic E-state index is 0.243. The molecule has 5 heteroatoms. The van der Waals surface area contributed by atoms with Crippen LogP contribution in [0.5, 0.6) is 0 Å². The van der Waals surface area contributed by atoms with Crippen LogP contribution < -0.4 is 5.32 Å². The molecule has 1 heterocycles. The summed E-state index contributed by atoms with van der Waals surface area (Å²) in [6, 6.07) is 3.68. The molecule has 0 spiro atoms. The predicted molar refractivity (Wildman–Crippen MR) is 76.0 cm³/mol. The normalized spacial score (nSPS) is 20.7. The number of halogens is 1. The fourth-order valence-corrected chi connectivity index (χ4v) is 2.96. The summed E-state index contributed by atoms with van der Waals surface area (Å²) in [4.78, 5) is 11.7. The number of carboxylic acid groups (broad SMARTS) is 1. The van der Waals surface area contributed by atoms with Crippen LogP contribution in [-0.4, -0.2) is 17.1 Å². The first-order valence-electron chi connectivity index (χ1n) is 6.79. The van der Waals surface area contributed by atoms with Gasteiger partial charge in [-0.15, -0.1) is 0 Å². The molecule has 2 rings (SSSR count). The number of rotatable bonds is 4. The fraction of sp³-hybridized carbons (Fsp3) is 0.643. The zero-order valence-corrected chi connectivity index (χ0v) is 12.7. The van der Waals surface area contributed by atoms with Gasteiger partial charge < -0.3 is 9.52 Å². The van der Waals surface area contributed by atoms with Crippen molar-refractivity contribution >= 4 is 21.9 Å². The zero-order chi connectivity index (χ0) is 13.9. The van der Waals surface area contributed by atoms with Crippen LogP contribution in [0.1, 0.15) is 51.2 Å². The van der Waals surface area contributed by atoms with E-state index in [1.807, 2.05) is 0 Å². The Labute approximate surface area is 121 Å². The molecule has 0 bridgehead atoms. The largest absolute Gasteiger partial charge is 0.480 e. The maximum Gasteiger partial charge on any atom is 0.331 e. The molecule has 2 N–H and O–H groups in total. The van der Waals surface area contributed by atoms with Crippen LogP contribution in [0.15, 0.2) is 21.2 Å². The summed E-state index contributed by atoms with van der Waals surface area (Å²) in [6.07, 6.45) is 6.88. The Bertz CT molecular complexity index is 438. The van der Waals surface area contributed by atoms with Crippen LogP contribution in [0.3, 0.4) is 0 Å². The summed E-state index contributed by atoms with van der Waals surface area (Å²) >= 11 is 3.22. The van der Waals surface area contributed by atoms with Gasteiger partial charge in [-0.3, -0.25) is 5.32 Å². The lowest BCUT2D eigenvalue weighted by atomic mass is 9.95. The van der Waals surface area contributed by atoms with Crippen molar-refractivity contribution in [1.82, 2.24) is 5.32 Å². The molecule has 0 radical (unpaired) electrons. The topological polar surface area (TPSA) is 62.5 Å². The minimum atomic E-state index is -1.17. The minimum Gasteiger partial charge on any atom is -0.480 e. The van der Waals surface area contributed by atoms with Gasteiger partial charge in [-0.1, -0.05) is 25.7 Å². The van der Waals surface area contributed by atoms with Crippen LogP contribution in [0.25, 0.3) is 0 Å². The first kappa shape index (κ1) is 14.6. The van der Waals surface area contributed by atoms with Crippen molar-refractivity contribution in [3.05, 3.63) is 22.6 Å². The number of hydrogen-bond donors (Lipinski definition) is 2. The molecule has 1 fully saturated rings. The first-order valence-corrected chi connectivity index (χ1v) is 7.58. The van der Waals surface area contributed by atoms with E-state index in [0.29, 0.717) is 10.4 Å². The van der Waals surface area contributed by atoms with E-state index in [1.54, 1.807) is 19.1 Å². The molecule has 0 aliphatic heterocycles. The van der Waals surface area contributed by atoms with Crippen molar-refractivity contribution in [1.29, 1.82) is 0 Å². The Morgan fingerprint density at radius 2 is 2.00 bits per heavy atom. The molecule has 4 nitrogen and oxygen atoms in total. The van der Waals surface area contributed by atoms with Crippen molar-refractivity contribution in [2.75, 3.05) is 0 Å². The number of carboxylic acids is 1. The van der Waals surface area contributed by atoms with Gasteiger partial charge in [-0.2, -0.15) is 0 Å². The van der Waals surface area contributed by atoms with Crippen LogP contribution in [0.4, 0.5) is 0 Å². The highest BCUT2D eigenvalue weighted by Gasteiger charge is 2.40. The average Bonchev–Trinajstić information content (AvgIpc) is 2.64. The Morgan fingerprint density at radius 1 is 1.37 bits per heavy atom. The fourth-order valence-electron chi connectivity index (χ4n) is 2.65. The zero-order valence-electron chi connectivity index (χ0n) is 11.1. The van der Waals surface area contributed by atoms with Crippen molar-refractivity contribution in [3.8, 4) is 0 Å². The smallest absolute Gasteiger partial charge is 0.331 e. The number of nitrogens with one attached hydrogen (secondary N) is 1.